The van der Waals surface area contributed by atoms with Crippen molar-refractivity contribution in [3.8, 4) is 0 Å². The van der Waals surface area contributed by atoms with Crippen molar-refractivity contribution in [3.63, 3.8) is 0 Å². The molecule has 0 aliphatic heterocycles. The second kappa shape index (κ2) is 7.24. The van der Waals surface area contributed by atoms with E-state index in [0.717, 1.165) is 34.6 Å². The molecule has 0 aliphatic carbocycles. The highest BCUT2D eigenvalue weighted by molar-refractivity contribution is 7.10. The molecule has 1 amide bonds. The third-order valence-electron chi connectivity index (χ3n) is 3.64. The molecule has 0 radical (unpaired) electrons. The molecule has 0 unspecified atom stereocenters. The van der Waals surface area contributed by atoms with E-state index in [1.165, 1.54) is 0 Å². The van der Waals surface area contributed by atoms with Crippen molar-refractivity contribution in [2.24, 2.45) is 0 Å². The van der Waals surface area contributed by atoms with E-state index < -0.39 is 0 Å². The quantitative estimate of drug-likeness (QED) is 0.556. The highest BCUT2D eigenvalue weighted by Crippen LogP contribution is 2.13. The summed E-state index contributed by atoms with van der Waals surface area (Å²) in [6.45, 7) is 2.49. The van der Waals surface area contributed by atoms with Gasteiger partial charge in [0.25, 0.3) is 0 Å². The summed E-state index contributed by atoms with van der Waals surface area (Å²) in [5.41, 5.74) is 1.83. The number of hydrogen-bond acceptors (Lipinski definition) is 3. The van der Waals surface area contributed by atoms with E-state index >= 15 is 0 Å². The molecule has 0 bridgehead atoms. The van der Waals surface area contributed by atoms with Gasteiger partial charge in [-0.25, -0.2) is 4.98 Å². The molecule has 3 heterocycles. The average molecular weight is 325 g/mol. The lowest BCUT2D eigenvalue weighted by molar-refractivity contribution is -0.117. The molecule has 3 aromatic heterocycles. The number of fused-ring (bicyclic) bond motifs is 1. The number of aryl methyl sites for hydroxylation is 1. The molecule has 118 valence electrons. The maximum Gasteiger partial charge on any atom is 0.246 e. The van der Waals surface area contributed by atoms with Crippen LogP contribution in [0.3, 0.4) is 0 Å². The fourth-order valence-corrected chi connectivity index (χ4v) is 3.14. The van der Waals surface area contributed by atoms with Crippen molar-refractivity contribution < 1.29 is 4.79 Å². The van der Waals surface area contributed by atoms with Crippen molar-refractivity contribution in [1.29, 1.82) is 0 Å². The fourth-order valence-electron chi connectivity index (χ4n) is 2.42. The van der Waals surface area contributed by atoms with Crippen LogP contribution in [0.25, 0.3) is 11.6 Å². The first-order chi connectivity index (χ1) is 11.2. The van der Waals surface area contributed by atoms with Gasteiger partial charge in [0.2, 0.25) is 5.91 Å². The van der Waals surface area contributed by atoms with Crippen molar-refractivity contribution >= 4 is 28.8 Å². The topological polar surface area (TPSA) is 46.4 Å². The van der Waals surface area contributed by atoms with Gasteiger partial charge in [-0.05, 0) is 43.0 Å². The lowest BCUT2D eigenvalue weighted by Crippen LogP contribution is -2.25. The Morgan fingerprint density at radius 3 is 3.09 bits per heavy atom. The Bertz CT molecular complexity index is 818. The van der Waals surface area contributed by atoms with Gasteiger partial charge in [0.1, 0.15) is 5.82 Å². The lowest BCUT2D eigenvalue weighted by Gasteiger charge is -2.05. The van der Waals surface area contributed by atoms with Gasteiger partial charge in [0, 0.05) is 29.6 Å². The number of imidazole rings is 1. The fraction of sp³-hybridized carbons (Fsp3) is 0.222. The van der Waals surface area contributed by atoms with Gasteiger partial charge in [0.05, 0.1) is 11.7 Å². The molecule has 0 atom stereocenters. The van der Waals surface area contributed by atoms with E-state index in [0.29, 0.717) is 6.54 Å². The summed E-state index contributed by atoms with van der Waals surface area (Å²) in [5, 5.41) is 4.97. The van der Waals surface area contributed by atoms with Gasteiger partial charge in [-0.3, -0.25) is 4.79 Å². The second-order valence-corrected chi connectivity index (χ2v) is 6.35. The second-order valence-electron chi connectivity index (χ2n) is 5.37. The maximum absolute atomic E-state index is 12.0. The summed E-state index contributed by atoms with van der Waals surface area (Å²) in [6, 6.07) is 10.0. The van der Waals surface area contributed by atoms with E-state index in [9.17, 15) is 4.79 Å². The zero-order chi connectivity index (χ0) is 16.1. The molecule has 0 saturated carbocycles. The van der Waals surface area contributed by atoms with Gasteiger partial charge in [-0.2, -0.15) is 0 Å². The summed E-state index contributed by atoms with van der Waals surface area (Å²) in [4.78, 5) is 17.6. The molecular weight excluding hydrogens is 306 g/mol. The number of nitrogens with zero attached hydrogens (tertiary/aromatic N) is 2. The van der Waals surface area contributed by atoms with Crippen LogP contribution < -0.4 is 5.32 Å². The van der Waals surface area contributed by atoms with Crippen molar-refractivity contribution in [2.45, 2.75) is 19.8 Å². The van der Waals surface area contributed by atoms with Crippen LogP contribution in [-0.4, -0.2) is 21.8 Å². The molecule has 0 aromatic carbocycles. The summed E-state index contributed by atoms with van der Waals surface area (Å²) in [7, 11) is 0. The molecule has 0 saturated heterocycles. The third-order valence-corrected chi connectivity index (χ3v) is 4.46. The van der Waals surface area contributed by atoms with Gasteiger partial charge in [0.15, 0.2) is 0 Å². The first-order valence-electron chi connectivity index (χ1n) is 7.65. The van der Waals surface area contributed by atoms with E-state index in [-0.39, 0.29) is 5.91 Å². The normalized spacial score (nSPS) is 11.8. The first kappa shape index (κ1) is 15.5. The smallest absolute Gasteiger partial charge is 0.246 e. The molecule has 1 N–H and O–H groups in total. The number of rotatable bonds is 6. The minimum absolute atomic E-state index is 0.00798. The Labute approximate surface area is 139 Å². The van der Waals surface area contributed by atoms with Gasteiger partial charge >= 0.3 is 0 Å². The Balaban J connectivity index is 1.49. The van der Waals surface area contributed by atoms with Crippen LogP contribution >= 0.6 is 11.3 Å². The van der Waals surface area contributed by atoms with Crippen molar-refractivity contribution in [2.75, 3.05) is 6.54 Å². The van der Waals surface area contributed by atoms with Crippen LogP contribution in [-0.2, 0) is 11.2 Å². The molecule has 3 rings (SSSR count). The summed E-state index contributed by atoms with van der Waals surface area (Å²) < 4.78 is 2.09. The van der Waals surface area contributed by atoms with Crippen LogP contribution in [0.15, 0.2) is 53.7 Å². The molecule has 3 aromatic rings. The number of hydrogen-bond donors (Lipinski definition) is 1. The van der Waals surface area contributed by atoms with Gasteiger partial charge in [-0.15, -0.1) is 11.3 Å². The van der Waals surface area contributed by atoms with Gasteiger partial charge in [-0.1, -0.05) is 12.1 Å². The Kier molecular flexibility index (Phi) is 4.88. The number of carbonyl (C=O) groups is 1. The third kappa shape index (κ3) is 3.87. The van der Waals surface area contributed by atoms with Crippen molar-refractivity contribution in [1.82, 2.24) is 14.7 Å². The van der Waals surface area contributed by atoms with Crippen molar-refractivity contribution in [3.05, 3.63) is 64.4 Å². The van der Waals surface area contributed by atoms with E-state index in [2.05, 4.69) is 14.7 Å². The summed E-state index contributed by atoms with van der Waals surface area (Å²) >= 11 is 1.63. The zero-order valence-corrected chi connectivity index (χ0v) is 13.8. The standard InChI is InChI=1S/C18H19N3OS/c1-14(12-16-7-5-11-23-16)18(22)19-9-4-8-17-20-13-15-6-2-3-10-21(15)17/h2-3,5-7,10-13H,4,8-9H2,1H3,(H,19,22)/b14-12+. The first-order valence-corrected chi connectivity index (χ1v) is 8.53. The number of carbonyl (C=O) groups excluding carboxylic acids is 1. The Morgan fingerprint density at radius 1 is 1.35 bits per heavy atom. The monoisotopic (exact) mass is 325 g/mol. The Morgan fingerprint density at radius 2 is 2.26 bits per heavy atom. The van der Waals surface area contributed by atoms with Crippen LogP contribution in [0, 0.1) is 0 Å². The molecule has 23 heavy (non-hydrogen) atoms. The minimum atomic E-state index is -0.00798. The van der Waals surface area contributed by atoms with E-state index in [1.54, 1.807) is 11.3 Å². The van der Waals surface area contributed by atoms with Crippen LogP contribution in [0.2, 0.25) is 0 Å². The average Bonchev–Trinajstić information content (AvgIpc) is 3.21. The van der Waals surface area contributed by atoms with Crippen LogP contribution in [0.1, 0.15) is 24.0 Å². The molecule has 0 spiro atoms. The number of nitrogens with one attached hydrogen (secondary N) is 1. The predicted molar refractivity (Wildman–Crippen MR) is 94.5 cm³/mol. The molecule has 0 fully saturated rings. The van der Waals surface area contributed by atoms with Crippen LogP contribution in [0.5, 0.6) is 0 Å². The SMILES string of the molecule is C/C(=C\c1cccs1)C(=O)NCCCc1ncc2ccccn12. The number of thiophene rings is 1. The largest absolute Gasteiger partial charge is 0.352 e. The molecule has 0 aliphatic rings. The highest BCUT2D eigenvalue weighted by atomic mass is 32.1. The maximum atomic E-state index is 12.0. The van der Waals surface area contributed by atoms with E-state index in [4.69, 9.17) is 0 Å². The highest BCUT2D eigenvalue weighted by Gasteiger charge is 2.05. The minimum Gasteiger partial charge on any atom is -0.352 e. The zero-order valence-electron chi connectivity index (χ0n) is 13.0. The lowest BCUT2D eigenvalue weighted by atomic mass is 10.2. The summed E-state index contributed by atoms with van der Waals surface area (Å²) in [5.74, 6) is 1.02. The number of pyridine rings is 1. The molecular formula is C18H19N3OS. The number of aromatic nitrogens is 2. The molecule has 5 heteroatoms. The summed E-state index contributed by atoms with van der Waals surface area (Å²) in [6.07, 6.45) is 7.52. The molecule has 4 nitrogen and oxygen atoms in total. The van der Waals surface area contributed by atoms with Crippen LogP contribution in [0.4, 0.5) is 0 Å². The predicted octanol–water partition coefficient (Wildman–Crippen LogP) is 3.55. The van der Waals surface area contributed by atoms with Gasteiger partial charge < -0.3 is 9.72 Å². The number of amides is 1. The Hall–Kier alpha value is -2.40. The van der Waals surface area contributed by atoms with E-state index in [1.807, 2.05) is 61.1 Å².